The monoisotopic (exact) mass is 445 g/mol. The lowest BCUT2D eigenvalue weighted by atomic mass is 10.1. The van der Waals surface area contributed by atoms with Crippen molar-refractivity contribution in [2.45, 2.75) is 51.2 Å². The van der Waals surface area contributed by atoms with Crippen LogP contribution < -0.4 is 14.8 Å². The Labute approximate surface area is 174 Å². The van der Waals surface area contributed by atoms with Gasteiger partial charge in [-0.2, -0.15) is 21.6 Å². The lowest BCUT2D eigenvalue weighted by Gasteiger charge is -2.17. The minimum Gasteiger partial charge on any atom is -0.381 e. The van der Waals surface area contributed by atoms with E-state index in [1.54, 1.807) is 12.1 Å². The summed E-state index contributed by atoms with van der Waals surface area (Å²) in [6.07, 6.45) is 2.12. The van der Waals surface area contributed by atoms with Crippen LogP contribution in [0.3, 0.4) is 0 Å². The van der Waals surface area contributed by atoms with E-state index in [4.69, 9.17) is 0 Å². The van der Waals surface area contributed by atoms with Crippen LogP contribution in [0.25, 0.3) is 10.8 Å². The minimum absolute atomic E-state index is 0.294. The zero-order valence-corrected chi connectivity index (χ0v) is 17.9. The van der Waals surface area contributed by atoms with Crippen LogP contribution in [-0.2, 0) is 10.1 Å². The van der Waals surface area contributed by atoms with Gasteiger partial charge in [-0.3, -0.25) is 4.99 Å². The first-order valence-corrected chi connectivity index (χ1v) is 11.1. The van der Waals surface area contributed by atoms with Gasteiger partial charge in [-0.15, -0.1) is 0 Å². The number of fused-ring (bicyclic) bond motifs is 1. The van der Waals surface area contributed by atoms with E-state index in [1.807, 2.05) is 13.8 Å². The summed E-state index contributed by atoms with van der Waals surface area (Å²) in [5.41, 5.74) is -4.22. The summed E-state index contributed by atoms with van der Waals surface area (Å²) in [6, 6.07) is 7.94. The largest absolute Gasteiger partial charge is 0.534 e. The van der Waals surface area contributed by atoms with Gasteiger partial charge in [0.25, 0.3) is 0 Å². The minimum atomic E-state index is -5.72. The summed E-state index contributed by atoms with van der Waals surface area (Å²) in [5.74, 6) is -0.415. The van der Waals surface area contributed by atoms with E-state index >= 15 is 0 Å². The molecule has 3 rings (SSSR count). The van der Waals surface area contributed by atoms with Crippen LogP contribution >= 0.6 is 0 Å². The number of hydrogen-bond donors (Lipinski definition) is 2. The van der Waals surface area contributed by atoms with Crippen molar-refractivity contribution in [3.05, 3.63) is 30.3 Å². The fourth-order valence-corrected chi connectivity index (χ4v) is 3.70. The summed E-state index contributed by atoms with van der Waals surface area (Å²) >= 11 is 0. The molecular weight excluding hydrogens is 419 g/mol. The van der Waals surface area contributed by atoms with Crippen LogP contribution in [0.1, 0.15) is 33.6 Å². The first-order valence-electron chi connectivity index (χ1n) is 9.65. The standard InChI is InChI=1S/C18H20F3N3O3S.C2H6/c1-11-3-5-13(24-11)10-23-17-15-7-6-14(27-28(25,26)18(19,20)21)9-12(15)4-8-16(17)22-2;1-2/h4,6-9,11,13,23-24H,2-3,5,10H2,1H3;1-2H3. The van der Waals surface area contributed by atoms with Crippen molar-refractivity contribution in [3.8, 4) is 5.75 Å². The van der Waals surface area contributed by atoms with Gasteiger partial charge >= 0.3 is 15.6 Å². The predicted octanol–water partition coefficient (Wildman–Crippen LogP) is 4.98. The molecule has 0 aromatic heterocycles. The van der Waals surface area contributed by atoms with E-state index in [0.717, 1.165) is 12.8 Å². The lowest BCUT2D eigenvalue weighted by molar-refractivity contribution is -0.0500. The Balaban J connectivity index is 0.00000155. The Kier molecular flexibility index (Phi) is 7.70. The van der Waals surface area contributed by atoms with Crippen LogP contribution in [0.4, 0.5) is 24.5 Å². The first-order chi connectivity index (χ1) is 14.1. The van der Waals surface area contributed by atoms with Crippen LogP contribution in [0.2, 0.25) is 0 Å². The maximum Gasteiger partial charge on any atom is 0.534 e. The van der Waals surface area contributed by atoms with Gasteiger partial charge in [0, 0.05) is 24.0 Å². The van der Waals surface area contributed by atoms with Crippen molar-refractivity contribution in [2.24, 2.45) is 4.99 Å². The number of hydrogen-bond acceptors (Lipinski definition) is 6. The van der Waals surface area contributed by atoms with E-state index in [9.17, 15) is 21.6 Å². The molecule has 1 saturated heterocycles. The molecule has 0 saturated carbocycles. The summed E-state index contributed by atoms with van der Waals surface area (Å²) in [5, 5.41) is 7.97. The average Bonchev–Trinajstić information content (AvgIpc) is 3.11. The SMILES string of the molecule is C=Nc1ccc2cc(OS(=O)(=O)C(F)(F)F)ccc2c1NCC1CCC(C)N1.CC. The Morgan fingerprint density at radius 3 is 2.50 bits per heavy atom. The van der Waals surface area contributed by atoms with E-state index in [0.29, 0.717) is 40.8 Å². The number of alkyl halides is 3. The lowest BCUT2D eigenvalue weighted by Crippen LogP contribution is -2.33. The fraction of sp³-hybridized carbons (Fsp3) is 0.450. The number of rotatable bonds is 6. The smallest absolute Gasteiger partial charge is 0.381 e. The average molecular weight is 446 g/mol. The molecule has 2 aromatic carbocycles. The van der Waals surface area contributed by atoms with E-state index in [1.165, 1.54) is 18.2 Å². The molecule has 0 bridgehead atoms. The van der Waals surface area contributed by atoms with E-state index < -0.39 is 21.4 Å². The predicted molar refractivity (Wildman–Crippen MR) is 114 cm³/mol. The molecule has 1 aliphatic heterocycles. The summed E-state index contributed by atoms with van der Waals surface area (Å²) in [7, 11) is -5.72. The third kappa shape index (κ3) is 5.42. The van der Waals surface area contributed by atoms with Gasteiger partial charge in [-0.25, -0.2) is 0 Å². The highest BCUT2D eigenvalue weighted by molar-refractivity contribution is 7.88. The molecule has 0 radical (unpaired) electrons. The molecule has 1 heterocycles. The highest BCUT2D eigenvalue weighted by Gasteiger charge is 2.48. The van der Waals surface area contributed by atoms with Crippen molar-refractivity contribution >= 4 is 39.0 Å². The number of benzene rings is 2. The van der Waals surface area contributed by atoms with Gasteiger partial charge in [0.2, 0.25) is 0 Å². The molecule has 0 spiro atoms. The maximum absolute atomic E-state index is 12.5. The first kappa shape index (κ1) is 23.9. The topological polar surface area (TPSA) is 79.8 Å². The van der Waals surface area contributed by atoms with Crippen molar-refractivity contribution < 1.29 is 25.8 Å². The number of nitrogens with one attached hydrogen (secondary N) is 2. The van der Waals surface area contributed by atoms with E-state index in [2.05, 4.69) is 33.5 Å². The van der Waals surface area contributed by atoms with Gasteiger partial charge in [0.1, 0.15) is 5.75 Å². The number of nitrogens with zero attached hydrogens (tertiary/aromatic N) is 1. The zero-order chi connectivity index (χ0) is 22.5. The van der Waals surface area contributed by atoms with Crippen LogP contribution in [-0.4, -0.2) is 39.3 Å². The molecular formula is C20H26F3N3O3S. The van der Waals surface area contributed by atoms with Crippen molar-refractivity contribution in [1.29, 1.82) is 0 Å². The normalized spacial score (nSPS) is 19.1. The molecule has 166 valence electrons. The third-order valence-electron chi connectivity index (χ3n) is 4.62. The second-order valence-electron chi connectivity index (χ2n) is 6.71. The molecule has 10 heteroatoms. The van der Waals surface area contributed by atoms with Gasteiger partial charge in [0.15, 0.2) is 0 Å². The van der Waals surface area contributed by atoms with Gasteiger partial charge < -0.3 is 14.8 Å². The molecule has 0 aliphatic carbocycles. The second-order valence-corrected chi connectivity index (χ2v) is 8.24. The van der Waals surface area contributed by atoms with Crippen LogP contribution in [0, 0.1) is 0 Å². The van der Waals surface area contributed by atoms with E-state index in [-0.39, 0.29) is 0 Å². The van der Waals surface area contributed by atoms with Gasteiger partial charge in [-0.05, 0) is 56.1 Å². The molecule has 6 nitrogen and oxygen atoms in total. The number of anilines is 1. The Morgan fingerprint density at radius 2 is 1.93 bits per heavy atom. The number of halogens is 3. The highest BCUT2D eigenvalue weighted by atomic mass is 32.2. The molecule has 1 fully saturated rings. The second kappa shape index (κ2) is 9.65. The Bertz CT molecular complexity index is 994. The molecule has 30 heavy (non-hydrogen) atoms. The molecule has 0 amide bonds. The van der Waals surface area contributed by atoms with Crippen LogP contribution in [0.5, 0.6) is 5.75 Å². The highest BCUT2D eigenvalue weighted by Crippen LogP contribution is 2.36. The quantitative estimate of drug-likeness (QED) is 0.372. The molecule has 2 aromatic rings. The molecule has 2 N–H and O–H groups in total. The zero-order valence-electron chi connectivity index (χ0n) is 17.1. The van der Waals surface area contributed by atoms with Gasteiger partial charge in [-0.1, -0.05) is 19.9 Å². The van der Waals surface area contributed by atoms with Crippen LogP contribution in [0.15, 0.2) is 35.3 Å². The third-order valence-corrected chi connectivity index (χ3v) is 5.60. The molecule has 2 atom stereocenters. The van der Waals surface area contributed by atoms with Gasteiger partial charge in [0.05, 0.1) is 11.4 Å². The number of aliphatic imine (C=N–C) groups is 1. The summed E-state index contributed by atoms with van der Waals surface area (Å²) < 4.78 is 64.2. The summed E-state index contributed by atoms with van der Waals surface area (Å²) in [4.78, 5) is 3.99. The van der Waals surface area contributed by atoms with Crippen molar-refractivity contribution in [2.75, 3.05) is 11.9 Å². The van der Waals surface area contributed by atoms with Crippen molar-refractivity contribution in [3.63, 3.8) is 0 Å². The summed E-state index contributed by atoms with van der Waals surface area (Å²) in [6.45, 7) is 10.3. The Morgan fingerprint density at radius 1 is 1.23 bits per heavy atom. The van der Waals surface area contributed by atoms with Crippen molar-refractivity contribution in [1.82, 2.24) is 5.32 Å². The fourth-order valence-electron chi connectivity index (χ4n) is 3.25. The molecule has 1 aliphatic rings. The maximum atomic E-state index is 12.5. The molecule has 2 unspecified atom stereocenters. The Hall–Kier alpha value is -2.33.